The van der Waals surface area contributed by atoms with Gasteiger partial charge in [-0.3, -0.25) is 0 Å². The number of rotatable bonds is 4. The fourth-order valence-corrected chi connectivity index (χ4v) is 5.07. The Morgan fingerprint density at radius 1 is 0.926 bits per heavy atom. The van der Waals surface area contributed by atoms with Gasteiger partial charge in [0, 0.05) is 4.47 Å². The summed E-state index contributed by atoms with van der Waals surface area (Å²) in [7, 11) is 0. The van der Waals surface area contributed by atoms with Crippen LogP contribution in [0.2, 0.25) is 0 Å². The monoisotopic (exact) mass is 424 g/mol. The number of imidazole rings is 1. The van der Waals surface area contributed by atoms with Crippen molar-refractivity contribution in [2.45, 2.75) is 56.5 Å². The van der Waals surface area contributed by atoms with Gasteiger partial charge in [-0.25, -0.2) is 4.98 Å². The minimum absolute atomic E-state index is 0.335. The Morgan fingerprint density at radius 3 is 2.33 bits per heavy atom. The summed E-state index contributed by atoms with van der Waals surface area (Å²) in [6, 6.07) is 13.1. The number of benzene rings is 1. The number of pyridine rings is 1. The molecule has 1 aromatic carbocycles. The molecule has 2 aromatic heterocycles. The number of aliphatic hydroxyl groups is 1. The van der Waals surface area contributed by atoms with Crippen molar-refractivity contribution in [1.29, 1.82) is 0 Å². The van der Waals surface area contributed by atoms with Crippen LogP contribution in [0.4, 0.5) is 0 Å². The van der Waals surface area contributed by atoms with Gasteiger partial charge in [-0.1, -0.05) is 34.1 Å². The third-order valence-electron chi connectivity index (χ3n) is 6.51. The third-order valence-corrected chi connectivity index (χ3v) is 7.04. The molecule has 3 aromatic rings. The van der Waals surface area contributed by atoms with Crippen LogP contribution in [0.3, 0.4) is 0 Å². The zero-order valence-corrected chi connectivity index (χ0v) is 17.0. The van der Waals surface area contributed by atoms with Crippen LogP contribution in [0.25, 0.3) is 5.52 Å². The van der Waals surface area contributed by atoms with Gasteiger partial charge in [-0.15, -0.1) is 0 Å². The first-order valence-corrected chi connectivity index (χ1v) is 10.9. The van der Waals surface area contributed by atoms with E-state index in [2.05, 4.69) is 61.7 Å². The highest BCUT2D eigenvalue weighted by Crippen LogP contribution is 2.47. The van der Waals surface area contributed by atoms with Crippen molar-refractivity contribution >= 4 is 21.4 Å². The molecule has 2 saturated carbocycles. The van der Waals surface area contributed by atoms with Gasteiger partial charge in [-0.2, -0.15) is 0 Å². The van der Waals surface area contributed by atoms with E-state index in [9.17, 15) is 5.11 Å². The van der Waals surface area contributed by atoms with Crippen LogP contribution in [-0.2, 0) is 0 Å². The third kappa shape index (κ3) is 3.34. The summed E-state index contributed by atoms with van der Waals surface area (Å²) in [6.07, 6.45) is 10.3. The first kappa shape index (κ1) is 17.4. The van der Waals surface area contributed by atoms with Crippen molar-refractivity contribution in [1.82, 2.24) is 9.38 Å². The van der Waals surface area contributed by atoms with Crippen LogP contribution >= 0.6 is 15.9 Å². The Hall–Kier alpha value is -1.65. The molecule has 0 spiro atoms. The normalized spacial score (nSPS) is 24.2. The van der Waals surface area contributed by atoms with E-state index < -0.39 is 6.10 Å². The molecular formula is C23H25BrN2O. The standard InChI is InChI=1S/C23H25BrN2O/c24-19-9-7-16(8-10-19)15-1-5-18(6-2-15)23(27)22-21(17-3-4-17)12-11-20-13-25-14-26(20)22/h7-15,17-18,23,27H,1-6H2/t15?,18?,23-/m1/s1. The van der Waals surface area contributed by atoms with Crippen molar-refractivity contribution in [2.24, 2.45) is 5.92 Å². The average Bonchev–Trinajstić information content (AvgIpc) is 3.44. The minimum Gasteiger partial charge on any atom is -0.387 e. The van der Waals surface area contributed by atoms with Crippen molar-refractivity contribution < 1.29 is 5.11 Å². The van der Waals surface area contributed by atoms with Crippen molar-refractivity contribution in [3.63, 3.8) is 0 Å². The zero-order chi connectivity index (χ0) is 18.4. The van der Waals surface area contributed by atoms with Crippen LogP contribution in [0.5, 0.6) is 0 Å². The topological polar surface area (TPSA) is 37.5 Å². The van der Waals surface area contributed by atoms with Gasteiger partial charge in [0.25, 0.3) is 0 Å². The van der Waals surface area contributed by atoms with Crippen LogP contribution in [0.1, 0.15) is 73.3 Å². The fourth-order valence-electron chi connectivity index (χ4n) is 4.81. The number of aliphatic hydroxyl groups excluding tert-OH is 1. The maximum Gasteiger partial charge on any atom is 0.0995 e. The molecule has 2 fully saturated rings. The Bertz CT molecular complexity index is 937. The molecule has 5 rings (SSSR count). The molecule has 0 saturated heterocycles. The Kier molecular flexibility index (Phi) is 4.57. The van der Waals surface area contributed by atoms with Gasteiger partial charge in [0.15, 0.2) is 0 Å². The van der Waals surface area contributed by atoms with E-state index in [0.29, 0.717) is 17.8 Å². The van der Waals surface area contributed by atoms with E-state index in [1.807, 2.05) is 12.5 Å². The van der Waals surface area contributed by atoms with Gasteiger partial charge >= 0.3 is 0 Å². The van der Waals surface area contributed by atoms with Gasteiger partial charge in [-0.05, 0) is 85.6 Å². The lowest BCUT2D eigenvalue weighted by Gasteiger charge is -2.33. The summed E-state index contributed by atoms with van der Waals surface area (Å²) in [5, 5.41) is 11.4. The van der Waals surface area contributed by atoms with Gasteiger partial charge < -0.3 is 9.51 Å². The molecule has 0 aliphatic heterocycles. The molecular weight excluding hydrogens is 400 g/mol. The van der Waals surface area contributed by atoms with Crippen molar-refractivity contribution in [3.8, 4) is 0 Å². The second kappa shape index (κ2) is 7.06. The first-order valence-electron chi connectivity index (χ1n) is 10.1. The Balaban J connectivity index is 1.37. The van der Waals surface area contributed by atoms with Crippen molar-refractivity contribution in [3.05, 3.63) is 70.2 Å². The summed E-state index contributed by atoms with van der Waals surface area (Å²) >= 11 is 3.52. The van der Waals surface area contributed by atoms with Gasteiger partial charge in [0.1, 0.15) is 0 Å². The molecule has 0 bridgehead atoms. The summed E-state index contributed by atoms with van der Waals surface area (Å²) in [6.45, 7) is 0. The van der Waals surface area contributed by atoms with Crippen LogP contribution < -0.4 is 0 Å². The summed E-state index contributed by atoms with van der Waals surface area (Å²) in [5.74, 6) is 1.58. The van der Waals surface area contributed by atoms with E-state index in [1.165, 1.54) is 24.0 Å². The number of halogens is 1. The molecule has 0 amide bonds. The number of hydrogen-bond acceptors (Lipinski definition) is 2. The number of fused-ring (bicyclic) bond motifs is 1. The summed E-state index contributed by atoms with van der Waals surface area (Å²) < 4.78 is 3.26. The van der Waals surface area contributed by atoms with E-state index in [4.69, 9.17) is 0 Å². The van der Waals surface area contributed by atoms with Crippen LogP contribution in [-0.4, -0.2) is 14.5 Å². The average molecular weight is 425 g/mol. The molecule has 140 valence electrons. The fraction of sp³-hybridized carbons (Fsp3) is 0.435. The lowest BCUT2D eigenvalue weighted by Crippen LogP contribution is -2.22. The quantitative estimate of drug-likeness (QED) is 0.558. The summed E-state index contributed by atoms with van der Waals surface area (Å²) in [5.41, 5.74) is 4.95. The maximum atomic E-state index is 11.4. The second-order valence-corrected chi connectivity index (χ2v) is 9.16. The SMILES string of the molecule is O[C@@H](c1c(C2CC2)ccc2cncn12)C1CCC(c2ccc(Br)cc2)CC1. The number of aromatic nitrogens is 2. The Labute approximate surface area is 168 Å². The minimum atomic E-state index is -0.399. The van der Waals surface area contributed by atoms with E-state index >= 15 is 0 Å². The number of hydrogen-bond donors (Lipinski definition) is 1. The molecule has 4 heteroatoms. The predicted molar refractivity (Wildman–Crippen MR) is 111 cm³/mol. The Morgan fingerprint density at radius 2 is 1.63 bits per heavy atom. The maximum absolute atomic E-state index is 11.4. The van der Waals surface area contributed by atoms with E-state index in [-0.39, 0.29) is 0 Å². The molecule has 2 heterocycles. The highest BCUT2D eigenvalue weighted by Gasteiger charge is 2.34. The second-order valence-electron chi connectivity index (χ2n) is 8.24. The summed E-state index contributed by atoms with van der Waals surface area (Å²) in [4.78, 5) is 4.32. The van der Waals surface area contributed by atoms with Crippen LogP contribution in [0, 0.1) is 5.92 Å². The van der Waals surface area contributed by atoms with Gasteiger partial charge in [0.05, 0.1) is 29.8 Å². The largest absolute Gasteiger partial charge is 0.387 e. The highest BCUT2D eigenvalue weighted by molar-refractivity contribution is 9.10. The molecule has 1 N–H and O–H groups in total. The molecule has 0 unspecified atom stereocenters. The molecule has 0 radical (unpaired) electrons. The predicted octanol–water partition coefficient (Wildman–Crippen LogP) is 5.98. The van der Waals surface area contributed by atoms with E-state index in [1.54, 1.807) is 0 Å². The lowest BCUT2D eigenvalue weighted by atomic mass is 9.75. The molecule has 3 nitrogen and oxygen atoms in total. The molecule has 2 aliphatic carbocycles. The van der Waals surface area contributed by atoms with E-state index in [0.717, 1.165) is 41.4 Å². The van der Waals surface area contributed by atoms with Crippen molar-refractivity contribution in [2.75, 3.05) is 0 Å². The van der Waals surface area contributed by atoms with Gasteiger partial charge in [0.2, 0.25) is 0 Å². The number of nitrogens with zero attached hydrogens (tertiary/aromatic N) is 2. The molecule has 27 heavy (non-hydrogen) atoms. The highest BCUT2D eigenvalue weighted by atomic mass is 79.9. The smallest absolute Gasteiger partial charge is 0.0995 e. The molecule has 2 aliphatic rings. The lowest BCUT2D eigenvalue weighted by molar-refractivity contribution is 0.0754. The zero-order valence-electron chi connectivity index (χ0n) is 15.4. The first-order chi connectivity index (χ1) is 13.2. The molecule has 1 atom stereocenters. The van der Waals surface area contributed by atoms with Crippen LogP contribution in [0.15, 0.2) is 53.4 Å².